The Morgan fingerprint density at radius 1 is 1.33 bits per heavy atom. The van der Waals surface area contributed by atoms with E-state index >= 15 is 0 Å². The Morgan fingerprint density at radius 2 is 2.00 bits per heavy atom. The number of morpholine rings is 1. The van der Waals surface area contributed by atoms with Gasteiger partial charge in [-0.05, 0) is 6.42 Å². The number of hydrogen-bond donors (Lipinski definition) is 1. The van der Waals surface area contributed by atoms with Crippen LogP contribution in [0.5, 0.6) is 0 Å². The summed E-state index contributed by atoms with van der Waals surface area (Å²) in [5, 5.41) is 2.70. The second kappa shape index (κ2) is 8.09. The second-order valence-corrected chi connectivity index (χ2v) is 10.3. The molecule has 2 aliphatic rings. The summed E-state index contributed by atoms with van der Waals surface area (Å²) >= 11 is 0. The molecule has 1 atom stereocenters. The highest BCUT2D eigenvalue weighted by Gasteiger charge is 2.37. The van der Waals surface area contributed by atoms with Crippen LogP contribution in [0, 0.1) is 0 Å². The van der Waals surface area contributed by atoms with E-state index in [1.54, 1.807) is 0 Å². The third kappa shape index (κ3) is 5.96. The molecule has 2 aliphatic heterocycles. The van der Waals surface area contributed by atoms with E-state index in [9.17, 15) is 21.6 Å². The monoisotopic (exact) mass is 383 g/mol. The molecule has 0 aromatic rings. The zero-order chi connectivity index (χ0) is 17.8. The Bertz CT molecular complexity index is 643. The van der Waals surface area contributed by atoms with Gasteiger partial charge in [-0.1, -0.05) is 0 Å². The van der Waals surface area contributed by atoms with Crippen LogP contribution in [0.2, 0.25) is 0 Å². The van der Waals surface area contributed by atoms with Gasteiger partial charge in [-0.15, -0.1) is 0 Å². The lowest BCUT2D eigenvalue weighted by atomic mass is 10.2. The quantitative estimate of drug-likeness (QED) is 0.535. The average Bonchev–Trinajstić information content (AvgIpc) is 2.84. The van der Waals surface area contributed by atoms with Crippen LogP contribution in [0.15, 0.2) is 0 Å². The minimum Gasteiger partial charge on any atom is -0.379 e. The van der Waals surface area contributed by atoms with E-state index in [4.69, 9.17) is 4.74 Å². The van der Waals surface area contributed by atoms with Gasteiger partial charge in [-0.2, -0.15) is 4.31 Å². The maximum absolute atomic E-state index is 12.0. The van der Waals surface area contributed by atoms with Gasteiger partial charge in [0, 0.05) is 32.2 Å². The molecule has 2 rings (SSSR count). The molecule has 1 amide bonds. The van der Waals surface area contributed by atoms with E-state index in [2.05, 4.69) is 10.2 Å². The third-order valence-corrected chi connectivity index (χ3v) is 7.22. The Morgan fingerprint density at radius 3 is 2.54 bits per heavy atom. The lowest BCUT2D eigenvalue weighted by molar-refractivity contribution is -0.121. The molecule has 0 radical (unpaired) electrons. The van der Waals surface area contributed by atoms with Gasteiger partial charge in [0.05, 0.1) is 37.5 Å². The van der Waals surface area contributed by atoms with E-state index in [1.165, 1.54) is 0 Å². The van der Waals surface area contributed by atoms with E-state index in [-0.39, 0.29) is 24.5 Å². The summed E-state index contributed by atoms with van der Waals surface area (Å²) in [6.45, 7) is 3.71. The van der Waals surface area contributed by atoms with E-state index in [1.807, 2.05) is 0 Å². The zero-order valence-electron chi connectivity index (χ0n) is 13.8. The van der Waals surface area contributed by atoms with Crippen molar-refractivity contribution in [2.45, 2.75) is 12.5 Å². The third-order valence-electron chi connectivity index (χ3n) is 4.20. The Labute approximate surface area is 143 Å². The topological polar surface area (TPSA) is 113 Å². The Balaban J connectivity index is 1.84. The summed E-state index contributed by atoms with van der Waals surface area (Å²) < 4.78 is 53.2. The largest absolute Gasteiger partial charge is 0.379 e. The van der Waals surface area contributed by atoms with Gasteiger partial charge in [-0.3, -0.25) is 9.69 Å². The van der Waals surface area contributed by atoms with Crippen LogP contribution >= 0.6 is 0 Å². The maximum Gasteiger partial charge on any atom is 0.235 e. The van der Waals surface area contributed by atoms with Crippen molar-refractivity contribution in [3.63, 3.8) is 0 Å². The van der Waals surface area contributed by atoms with Gasteiger partial charge in [0.15, 0.2) is 9.84 Å². The SMILES string of the molecule is CS(=O)(=O)N(CC(=O)NCCN1CCOCC1)C1CCS(=O)(=O)C1. The summed E-state index contributed by atoms with van der Waals surface area (Å²) in [5.74, 6) is -0.679. The summed E-state index contributed by atoms with van der Waals surface area (Å²) in [5.41, 5.74) is 0. The van der Waals surface area contributed by atoms with Crippen LogP contribution in [0.1, 0.15) is 6.42 Å². The van der Waals surface area contributed by atoms with Gasteiger partial charge >= 0.3 is 0 Å². The van der Waals surface area contributed by atoms with Crippen molar-refractivity contribution in [3.05, 3.63) is 0 Å². The van der Waals surface area contributed by atoms with Crippen LogP contribution in [-0.4, -0.2) is 102 Å². The molecule has 11 heteroatoms. The van der Waals surface area contributed by atoms with E-state index < -0.39 is 31.8 Å². The van der Waals surface area contributed by atoms with Crippen molar-refractivity contribution in [2.75, 3.05) is 63.7 Å². The molecule has 2 heterocycles. The smallest absolute Gasteiger partial charge is 0.235 e. The van der Waals surface area contributed by atoms with Gasteiger partial charge in [0.1, 0.15) is 0 Å². The molecule has 0 aliphatic carbocycles. The lowest BCUT2D eigenvalue weighted by Gasteiger charge is -2.27. The lowest BCUT2D eigenvalue weighted by Crippen LogP contribution is -2.48. The molecule has 0 spiro atoms. The van der Waals surface area contributed by atoms with Crippen molar-refractivity contribution >= 4 is 25.8 Å². The fourth-order valence-electron chi connectivity index (χ4n) is 2.90. The average molecular weight is 383 g/mol. The molecule has 2 fully saturated rings. The van der Waals surface area contributed by atoms with Crippen LogP contribution < -0.4 is 5.32 Å². The zero-order valence-corrected chi connectivity index (χ0v) is 15.4. The first-order valence-electron chi connectivity index (χ1n) is 7.91. The Kier molecular flexibility index (Phi) is 6.59. The molecule has 1 unspecified atom stereocenters. The first kappa shape index (κ1) is 19.6. The summed E-state index contributed by atoms with van der Waals surface area (Å²) in [7, 11) is -6.88. The van der Waals surface area contributed by atoms with Crippen molar-refractivity contribution in [1.29, 1.82) is 0 Å². The number of ether oxygens (including phenoxy) is 1. The van der Waals surface area contributed by atoms with Gasteiger partial charge in [0.25, 0.3) is 0 Å². The number of amides is 1. The molecule has 0 bridgehead atoms. The molecule has 0 saturated carbocycles. The van der Waals surface area contributed by atoms with Crippen LogP contribution in [0.3, 0.4) is 0 Å². The minimum absolute atomic E-state index is 0.0393. The summed E-state index contributed by atoms with van der Waals surface area (Å²) in [6, 6.07) is -0.657. The summed E-state index contributed by atoms with van der Waals surface area (Å²) in [4.78, 5) is 14.2. The second-order valence-electron chi connectivity index (χ2n) is 6.17. The van der Waals surface area contributed by atoms with E-state index in [0.29, 0.717) is 26.3 Å². The number of nitrogens with zero attached hydrogens (tertiary/aromatic N) is 2. The molecule has 1 N–H and O–H groups in total. The molecule has 0 aromatic carbocycles. The summed E-state index contributed by atoms with van der Waals surface area (Å²) in [6.07, 6.45) is 1.23. The molecular weight excluding hydrogens is 358 g/mol. The fraction of sp³-hybridized carbons (Fsp3) is 0.923. The van der Waals surface area contributed by atoms with Crippen LogP contribution in [0.25, 0.3) is 0 Å². The number of nitrogens with one attached hydrogen (secondary N) is 1. The number of carbonyl (C=O) groups is 1. The molecule has 140 valence electrons. The van der Waals surface area contributed by atoms with Crippen LogP contribution in [-0.2, 0) is 29.4 Å². The highest BCUT2D eigenvalue weighted by Crippen LogP contribution is 2.19. The maximum atomic E-state index is 12.0. The molecule has 24 heavy (non-hydrogen) atoms. The van der Waals surface area contributed by atoms with Crippen LogP contribution in [0.4, 0.5) is 0 Å². The number of sulfone groups is 1. The molecule has 2 saturated heterocycles. The number of sulfonamides is 1. The molecule has 0 aromatic heterocycles. The predicted octanol–water partition coefficient (Wildman–Crippen LogP) is -2.12. The van der Waals surface area contributed by atoms with Gasteiger partial charge in [-0.25, -0.2) is 16.8 Å². The highest BCUT2D eigenvalue weighted by molar-refractivity contribution is 7.92. The normalized spacial score (nSPS) is 25.0. The number of rotatable bonds is 7. The predicted molar refractivity (Wildman–Crippen MR) is 88.9 cm³/mol. The van der Waals surface area contributed by atoms with Crippen molar-refractivity contribution in [3.8, 4) is 0 Å². The molecular formula is C13H25N3O6S2. The van der Waals surface area contributed by atoms with Crippen molar-refractivity contribution in [1.82, 2.24) is 14.5 Å². The molecule has 9 nitrogen and oxygen atoms in total. The van der Waals surface area contributed by atoms with Crippen molar-refractivity contribution < 1.29 is 26.4 Å². The number of carbonyl (C=O) groups excluding carboxylic acids is 1. The highest BCUT2D eigenvalue weighted by atomic mass is 32.2. The first-order chi connectivity index (χ1) is 11.2. The van der Waals surface area contributed by atoms with Gasteiger partial charge in [0.2, 0.25) is 15.9 Å². The standard InChI is InChI=1S/C13H25N3O6S2/c1-23(18,19)16(12-2-9-24(20,21)11-12)10-13(17)14-3-4-15-5-7-22-8-6-15/h12H,2-11H2,1H3,(H,14,17). The Hall–Kier alpha value is -0.750. The minimum atomic E-state index is -3.66. The fourth-order valence-corrected chi connectivity index (χ4v) is 5.79. The van der Waals surface area contributed by atoms with Gasteiger partial charge < -0.3 is 10.1 Å². The number of hydrogen-bond acceptors (Lipinski definition) is 7. The van der Waals surface area contributed by atoms with Crippen molar-refractivity contribution in [2.24, 2.45) is 0 Å². The van der Waals surface area contributed by atoms with E-state index in [0.717, 1.165) is 23.7 Å². The first-order valence-corrected chi connectivity index (χ1v) is 11.6.